The number of fused-ring (bicyclic) bond motifs is 1. The van der Waals surface area contributed by atoms with E-state index in [1.54, 1.807) is 0 Å². The van der Waals surface area contributed by atoms with Gasteiger partial charge in [-0.05, 0) is 50.0 Å². The van der Waals surface area contributed by atoms with Crippen molar-refractivity contribution in [2.24, 2.45) is 0 Å². The highest BCUT2D eigenvalue weighted by Gasteiger charge is 2.21. The Morgan fingerprint density at radius 2 is 1.81 bits per heavy atom. The number of hydrogen-bond donors (Lipinski definition) is 0. The number of nitrogens with zero attached hydrogens (tertiary/aromatic N) is 2. The van der Waals surface area contributed by atoms with Gasteiger partial charge < -0.3 is 9.64 Å². The van der Waals surface area contributed by atoms with Crippen molar-refractivity contribution in [2.45, 2.75) is 51.4 Å². The zero-order chi connectivity index (χ0) is 19.7. The molecule has 1 heterocycles. The highest BCUT2D eigenvalue weighted by atomic mass is 35.5. The van der Waals surface area contributed by atoms with Crippen LogP contribution in [0, 0.1) is 0 Å². The first-order valence-electron chi connectivity index (χ1n) is 10.1. The lowest BCUT2D eigenvalue weighted by Crippen LogP contribution is -2.35. The molecule has 4 nitrogen and oxygen atoms in total. The van der Waals surface area contributed by atoms with Crippen LogP contribution in [0.1, 0.15) is 24.8 Å². The number of halogens is 1. The van der Waals surface area contributed by atoms with Gasteiger partial charge in [-0.2, -0.15) is 0 Å². The van der Waals surface area contributed by atoms with Gasteiger partial charge in [0.2, 0.25) is 5.91 Å². The molecule has 27 heavy (non-hydrogen) atoms. The summed E-state index contributed by atoms with van der Waals surface area (Å²) >= 11 is 5.94. The summed E-state index contributed by atoms with van der Waals surface area (Å²) in [6, 6.07) is 9.39. The molecule has 1 amide bonds. The van der Waals surface area contributed by atoms with E-state index in [2.05, 4.69) is 42.7 Å². The van der Waals surface area contributed by atoms with Gasteiger partial charge in [0.05, 0.1) is 0 Å². The number of rotatable bonds is 7. The minimum Gasteiger partial charge on any atom is -0.361 e. The number of benzene rings is 1. The van der Waals surface area contributed by atoms with Crippen LogP contribution in [0.3, 0.4) is 0 Å². The second-order valence-corrected chi connectivity index (χ2v) is 14.5. The molecule has 1 aromatic carbocycles. The van der Waals surface area contributed by atoms with Crippen molar-refractivity contribution in [1.82, 2.24) is 4.90 Å². The van der Waals surface area contributed by atoms with Crippen LogP contribution in [0.5, 0.6) is 0 Å². The molecule has 0 radical (unpaired) electrons. The largest absolute Gasteiger partial charge is 0.361 e. The Bertz CT molecular complexity index is 592. The molecule has 152 valence electrons. The summed E-state index contributed by atoms with van der Waals surface area (Å²) in [5.74, 6) is 0.796. The first-order valence-corrected chi connectivity index (χ1v) is 14.4. The smallest absolute Gasteiger partial charge is 0.228 e. The topological polar surface area (TPSA) is 32.8 Å². The SMILES string of the molecule is C[Si](C)(C)CCOCN1C(=O)CCCN(CCCl)CCCc2ccccc21. The predicted octanol–water partition coefficient (Wildman–Crippen LogP) is 4.60. The molecule has 0 aromatic heterocycles. The maximum absolute atomic E-state index is 13.0. The fraction of sp³-hybridized carbons (Fsp3) is 0.667. The minimum atomic E-state index is -1.13. The molecule has 0 aliphatic carbocycles. The van der Waals surface area contributed by atoms with Crippen molar-refractivity contribution in [3.63, 3.8) is 0 Å². The first-order chi connectivity index (χ1) is 12.9. The van der Waals surface area contributed by atoms with Gasteiger partial charge in [0.25, 0.3) is 0 Å². The van der Waals surface area contributed by atoms with E-state index in [4.69, 9.17) is 16.3 Å². The Morgan fingerprint density at radius 1 is 1.11 bits per heavy atom. The lowest BCUT2D eigenvalue weighted by molar-refractivity contribution is -0.119. The van der Waals surface area contributed by atoms with Gasteiger partial charge in [-0.3, -0.25) is 9.69 Å². The van der Waals surface area contributed by atoms with Crippen molar-refractivity contribution in [1.29, 1.82) is 0 Å². The second kappa shape index (κ2) is 11.2. The Hall–Kier alpha value is -0.883. The molecule has 0 bridgehead atoms. The van der Waals surface area contributed by atoms with E-state index in [0.29, 0.717) is 19.0 Å². The number of anilines is 1. The van der Waals surface area contributed by atoms with E-state index in [1.165, 1.54) is 5.56 Å². The zero-order valence-corrected chi connectivity index (χ0v) is 18.9. The van der Waals surface area contributed by atoms with Crippen molar-refractivity contribution in [2.75, 3.05) is 43.8 Å². The Morgan fingerprint density at radius 3 is 2.52 bits per heavy atom. The predicted molar refractivity (Wildman–Crippen MR) is 118 cm³/mol. The fourth-order valence-corrected chi connectivity index (χ4v) is 4.33. The Kier molecular flexibility index (Phi) is 9.29. The fourth-order valence-electron chi connectivity index (χ4n) is 3.33. The van der Waals surface area contributed by atoms with Gasteiger partial charge in [0, 0.05) is 39.2 Å². The molecular formula is C21H35ClN2O2Si. The van der Waals surface area contributed by atoms with Gasteiger partial charge >= 0.3 is 0 Å². The average molecular weight is 411 g/mol. The summed E-state index contributed by atoms with van der Waals surface area (Å²) in [5, 5.41) is 0. The van der Waals surface area contributed by atoms with Gasteiger partial charge in [-0.15, -0.1) is 11.6 Å². The highest BCUT2D eigenvalue weighted by Crippen LogP contribution is 2.24. The third-order valence-electron chi connectivity index (χ3n) is 4.99. The molecule has 2 rings (SSSR count). The van der Waals surface area contributed by atoms with Crippen molar-refractivity contribution < 1.29 is 9.53 Å². The van der Waals surface area contributed by atoms with Crippen LogP contribution in [0.4, 0.5) is 5.69 Å². The van der Waals surface area contributed by atoms with E-state index in [1.807, 2.05) is 11.0 Å². The van der Waals surface area contributed by atoms with E-state index in [9.17, 15) is 4.79 Å². The van der Waals surface area contributed by atoms with Crippen LogP contribution in [-0.2, 0) is 16.0 Å². The molecule has 0 fully saturated rings. The van der Waals surface area contributed by atoms with E-state index in [0.717, 1.165) is 57.2 Å². The number of aryl methyl sites for hydroxylation is 1. The van der Waals surface area contributed by atoms with Gasteiger partial charge in [0.15, 0.2) is 0 Å². The summed E-state index contributed by atoms with van der Waals surface area (Å²) in [4.78, 5) is 17.2. The lowest BCUT2D eigenvalue weighted by atomic mass is 10.1. The van der Waals surface area contributed by atoms with Crippen molar-refractivity contribution in [3.05, 3.63) is 29.8 Å². The monoisotopic (exact) mass is 410 g/mol. The van der Waals surface area contributed by atoms with E-state index in [-0.39, 0.29) is 5.91 Å². The number of alkyl halides is 1. The van der Waals surface area contributed by atoms with Crippen molar-refractivity contribution >= 4 is 31.3 Å². The first kappa shape index (κ1) is 22.4. The van der Waals surface area contributed by atoms with Gasteiger partial charge in [-0.25, -0.2) is 0 Å². The molecular weight excluding hydrogens is 376 g/mol. The lowest BCUT2D eigenvalue weighted by Gasteiger charge is -2.26. The molecule has 6 heteroatoms. The van der Waals surface area contributed by atoms with Crippen LogP contribution in [-0.4, -0.2) is 57.7 Å². The second-order valence-electron chi connectivity index (χ2n) is 8.54. The number of ether oxygens (including phenoxy) is 1. The molecule has 0 N–H and O–H groups in total. The maximum Gasteiger partial charge on any atom is 0.228 e. The van der Waals surface area contributed by atoms with Crippen LogP contribution in [0.15, 0.2) is 24.3 Å². The molecule has 0 atom stereocenters. The number of para-hydroxylation sites is 1. The Labute approximate surface area is 170 Å². The zero-order valence-electron chi connectivity index (χ0n) is 17.2. The third kappa shape index (κ3) is 7.94. The molecule has 1 aromatic rings. The van der Waals surface area contributed by atoms with E-state index < -0.39 is 8.07 Å². The molecule has 0 unspecified atom stereocenters. The van der Waals surface area contributed by atoms with Crippen LogP contribution < -0.4 is 4.90 Å². The highest BCUT2D eigenvalue weighted by molar-refractivity contribution is 6.76. The minimum absolute atomic E-state index is 0.156. The number of carbonyl (C=O) groups is 1. The summed E-state index contributed by atoms with van der Waals surface area (Å²) in [6.45, 7) is 11.0. The number of carbonyl (C=O) groups excluding carboxylic acids is 1. The standard InChI is InChI=1S/C21H35ClN2O2Si/c1-27(2,3)17-16-26-18-24-20-10-5-4-8-19(20)9-6-13-23(15-12-22)14-7-11-21(24)25/h4-5,8,10H,6-7,9,11-18H2,1-3H3. The summed E-state index contributed by atoms with van der Waals surface area (Å²) in [5.41, 5.74) is 2.24. The van der Waals surface area contributed by atoms with Crippen LogP contribution in [0.25, 0.3) is 0 Å². The normalized spacial score (nSPS) is 17.5. The number of amides is 1. The maximum atomic E-state index is 13.0. The summed E-state index contributed by atoms with van der Waals surface area (Å²) < 4.78 is 5.95. The van der Waals surface area contributed by atoms with Gasteiger partial charge in [0.1, 0.15) is 6.73 Å². The number of hydrogen-bond acceptors (Lipinski definition) is 3. The van der Waals surface area contributed by atoms with Crippen molar-refractivity contribution in [3.8, 4) is 0 Å². The molecule has 1 aliphatic rings. The quantitative estimate of drug-likeness (QED) is 0.374. The summed E-state index contributed by atoms with van der Waals surface area (Å²) in [7, 11) is -1.13. The summed E-state index contributed by atoms with van der Waals surface area (Å²) in [6.07, 6.45) is 3.45. The van der Waals surface area contributed by atoms with Gasteiger partial charge in [-0.1, -0.05) is 37.8 Å². The molecule has 0 saturated carbocycles. The van der Waals surface area contributed by atoms with Crippen LogP contribution >= 0.6 is 11.6 Å². The molecule has 0 saturated heterocycles. The molecule has 1 aliphatic heterocycles. The average Bonchev–Trinajstić information content (AvgIpc) is 2.63. The molecule has 0 spiro atoms. The van der Waals surface area contributed by atoms with Crippen LogP contribution in [0.2, 0.25) is 25.7 Å². The third-order valence-corrected chi connectivity index (χ3v) is 6.86. The Balaban J connectivity index is 2.11. The van der Waals surface area contributed by atoms with E-state index >= 15 is 0 Å².